The van der Waals surface area contributed by atoms with Crippen LogP contribution in [0.5, 0.6) is 11.5 Å². The van der Waals surface area contributed by atoms with E-state index in [0.29, 0.717) is 0 Å². The van der Waals surface area contributed by atoms with E-state index < -0.39 is 12.0 Å². The van der Waals surface area contributed by atoms with Gasteiger partial charge in [0.1, 0.15) is 17.5 Å². The molecule has 0 radical (unpaired) electrons. The second-order valence-corrected chi connectivity index (χ2v) is 4.89. The van der Waals surface area contributed by atoms with E-state index in [9.17, 15) is 15.0 Å². The van der Waals surface area contributed by atoms with E-state index in [2.05, 4.69) is 0 Å². The number of phenolic OH excluding ortho intramolecular Hbond substituents is 2. The van der Waals surface area contributed by atoms with Gasteiger partial charge in [-0.15, -0.1) is 0 Å². The minimum Gasteiger partial charge on any atom is -0.508 e. The average molecular weight is 299 g/mol. The first-order chi connectivity index (χ1) is 10.5. The van der Waals surface area contributed by atoms with Crippen molar-refractivity contribution in [2.45, 2.75) is 12.5 Å². The molecular formula is C17H17NO4. The van der Waals surface area contributed by atoms with Crippen molar-refractivity contribution < 1.29 is 20.1 Å². The zero-order valence-electron chi connectivity index (χ0n) is 11.8. The fourth-order valence-electron chi connectivity index (χ4n) is 2.03. The largest absolute Gasteiger partial charge is 0.508 e. The van der Waals surface area contributed by atoms with Gasteiger partial charge >= 0.3 is 5.97 Å². The molecule has 0 aromatic heterocycles. The van der Waals surface area contributed by atoms with E-state index in [-0.39, 0.29) is 17.9 Å². The predicted molar refractivity (Wildman–Crippen MR) is 83.5 cm³/mol. The van der Waals surface area contributed by atoms with Gasteiger partial charge < -0.3 is 21.1 Å². The maximum atomic E-state index is 10.9. The number of nitrogens with two attached hydrogens (primary N) is 1. The Labute approximate surface area is 128 Å². The minimum absolute atomic E-state index is 0.149. The van der Waals surface area contributed by atoms with E-state index in [4.69, 9.17) is 10.8 Å². The molecule has 2 aromatic rings. The maximum absolute atomic E-state index is 10.9. The Balaban J connectivity index is 2.39. The number of aliphatic carboxylic acids is 1. The molecule has 2 aromatic carbocycles. The van der Waals surface area contributed by atoms with Crippen LogP contribution >= 0.6 is 0 Å². The molecule has 1 unspecified atom stereocenters. The standard InChI is InChI=1S/C17H17NO4/c18-16(17(21)22)10-9-15(11-1-5-13(19)6-2-11)12-3-7-14(20)8-4-12/h1-9,16,19-20H,10,18H2,(H,21,22). The highest BCUT2D eigenvalue weighted by Crippen LogP contribution is 2.27. The number of hydrogen-bond donors (Lipinski definition) is 4. The van der Waals surface area contributed by atoms with Crippen molar-refractivity contribution >= 4 is 11.5 Å². The van der Waals surface area contributed by atoms with Gasteiger partial charge in [-0.2, -0.15) is 0 Å². The Hall–Kier alpha value is -2.79. The number of benzene rings is 2. The van der Waals surface area contributed by atoms with Crippen LogP contribution in [-0.2, 0) is 4.79 Å². The topological polar surface area (TPSA) is 104 Å². The SMILES string of the molecule is NC(CC=C(c1ccc(O)cc1)c1ccc(O)cc1)C(=O)O. The Bertz CT molecular complexity index is 627. The molecule has 22 heavy (non-hydrogen) atoms. The van der Waals surface area contributed by atoms with Crippen molar-refractivity contribution in [1.29, 1.82) is 0 Å². The molecule has 0 saturated carbocycles. The summed E-state index contributed by atoms with van der Waals surface area (Å²) in [6, 6.07) is 12.2. The molecule has 5 nitrogen and oxygen atoms in total. The summed E-state index contributed by atoms with van der Waals surface area (Å²) in [5.74, 6) is -0.765. The van der Waals surface area contributed by atoms with Crippen LogP contribution in [0.1, 0.15) is 17.5 Å². The van der Waals surface area contributed by atoms with Crippen molar-refractivity contribution in [2.24, 2.45) is 5.73 Å². The van der Waals surface area contributed by atoms with Crippen LogP contribution in [0.15, 0.2) is 54.6 Å². The highest BCUT2D eigenvalue weighted by atomic mass is 16.4. The van der Waals surface area contributed by atoms with Gasteiger partial charge in [0, 0.05) is 0 Å². The fraction of sp³-hybridized carbons (Fsp3) is 0.118. The van der Waals surface area contributed by atoms with Crippen LogP contribution in [0.25, 0.3) is 5.57 Å². The maximum Gasteiger partial charge on any atom is 0.320 e. The summed E-state index contributed by atoms with van der Waals surface area (Å²) in [5, 5.41) is 27.7. The monoisotopic (exact) mass is 299 g/mol. The van der Waals surface area contributed by atoms with E-state index in [0.717, 1.165) is 16.7 Å². The normalized spacial score (nSPS) is 11.7. The van der Waals surface area contributed by atoms with E-state index in [1.807, 2.05) is 0 Å². The van der Waals surface area contributed by atoms with Crippen LogP contribution in [0.2, 0.25) is 0 Å². The molecule has 5 N–H and O–H groups in total. The van der Waals surface area contributed by atoms with Crippen LogP contribution in [0, 0.1) is 0 Å². The van der Waals surface area contributed by atoms with Gasteiger partial charge in [0.25, 0.3) is 0 Å². The van der Waals surface area contributed by atoms with Crippen molar-refractivity contribution in [2.75, 3.05) is 0 Å². The van der Waals surface area contributed by atoms with Crippen molar-refractivity contribution in [3.63, 3.8) is 0 Å². The van der Waals surface area contributed by atoms with Gasteiger partial charge in [-0.25, -0.2) is 0 Å². The first kappa shape index (κ1) is 15.6. The fourth-order valence-corrected chi connectivity index (χ4v) is 2.03. The number of hydrogen-bond acceptors (Lipinski definition) is 4. The van der Waals surface area contributed by atoms with E-state index in [1.54, 1.807) is 54.6 Å². The van der Waals surface area contributed by atoms with Gasteiger partial charge in [-0.1, -0.05) is 30.3 Å². The third-order valence-electron chi connectivity index (χ3n) is 3.25. The van der Waals surface area contributed by atoms with Crippen LogP contribution < -0.4 is 5.73 Å². The molecule has 0 saturated heterocycles. The molecule has 0 aliphatic carbocycles. The summed E-state index contributed by atoms with van der Waals surface area (Å²) in [4.78, 5) is 10.9. The van der Waals surface area contributed by atoms with E-state index >= 15 is 0 Å². The highest BCUT2D eigenvalue weighted by Gasteiger charge is 2.11. The Morgan fingerprint density at radius 1 is 0.955 bits per heavy atom. The molecule has 0 fully saturated rings. The van der Waals surface area contributed by atoms with Crippen LogP contribution in [-0.4, -0.2) is 27.3 Å². The summed E-state index contributed by atoms with van der Waals surface area (Å²) >= 11 is 0. The minimum atomic E-state index is -1.06. The number of carboxylic acids is 1. The van der Waals surface area contributed by atoms with Crippen LogP contribution in [0.4, 0.5) is 0 Å². The number of phenols is 2. The lowest BCUT2D eigenvalue weighted by Gasteiger charge is -2.11. The van der Waals surface area contributed by atoms with Gasteiger partial charge in [0.05, 0.1) is 0 Å². The molecule has 0 amide bonds. The molecule has 2 rings (SSSR count). The lowest BCUT2D eigenvalue weighted by atomic mass is 9.96. The summed E-state index contributed by atoms with van der Waals surface area (Å²) in [5.41, 5.74) is 7.97. The molecule has 0 heterocycles. The molecule has 114 valence electrons. The third kappa shape index (κ3) is 3.86. The quantitative estimate of drug-likeness (QED) is 0.678. The molecular weight excluding hydrogens is 282 g/mol. The molecule has 1 atom stereocenters. The molecule has 0 spiro atoms. The van der Waals surface area contributed by atoms with Gasteiger partial charge in [-0.3, -0.25) is 4.79 Å². The Morgan fingerprint density at radius 2 is 1.36 bits per heavy atom. The van der Waals surface area contributed by atoms with Gasteiger partial charge in [-0.05, 0) is 47.4 Å². The van der Waals surface area contributed by atoms with Gasteiger partial charge in [0.2, 0.25) is 0 Å². The molecule has 0 aliphatic heterocycles. The summed E-state index contributed by atoms with van der Waals surface area (Å²) < 4.78 is 0. The number of rotatable bonds is 5. The number of aromatic hydroxyl groups is 2. The Morgan fingerprint density at radius 3 is 1.73 bits per heavy atom. The first-order valence-electron chi connectivity index (χ1n) is 6.74. The first-order valence-corrected chi connectivity index (χ1v) is 6.74. The predicted octanol–water partition coefficient (Wildman–Crippen LogP) is 2.33. The van der Waals surface area contributed by atoms with Gasteiger partial charge in [0.15, 0.2) is 0 Å². The number of carbonyl (C=O) groups is 1. The summed E-state index contributed by atoms with van der Waals surface area (Å²) in [7, 11) is 0. The van der Waals surface area contributed by atoms with Crippen molar-refractivity contribution in [1.82, 2.24) is 0 Å². The number of carboxylic acid groups (broad SMARTS) is 1. The highest BCUT2D eigenvalue weighted by molar-refractivity contribution is 5.81. The smallest absolute Gasteiger partial charge is 0.320 e. The zero-order chi connectivity index (χ0) is 16.1. The summed E-state index contributed by atoms with van der Waals surface area (Å²) in [6.45, 7) is 0. The lowest BCUT2D eigenvalue weighted by molar-refractivity contribution is -0.138. The molecule has 5 heteroatoms. The van der Waals surface area contributed by atoms with Crippen molar-refractivity contribution in [3.8, 4) is 11.5 Å². The Kier molecular flexibility index (Phi) is 4.80. The lowest BCUT2D eigenvalue weighted by Crippen LogP contribution is -2.29. The van der Waals surface area contributed by atoms with Crippen molar-refractivity contribution in [3.05, 3.63) is 65.7 Å². The third-order valence-corrected chi connectivity index (χ3v) is 3.25. The van der Waals surface area contributed by atoms with Crippen LogP contribution in [0.3, 0.4) is 0 Å². The van der Waals surface area contributed by atoms with E-state index in [1.165, 1.54) is 0 Å². The molecule has 0 bridgehead atoms. The molecule has 0 aliphatic rings. The summed E-state index contributed by atoms with van der Waals surface area (Å²) in [6.07, 6.45) is 1.92. The second kappa shape index (κ2) is 6.78. The zero-order valence-corrected chi connectivity index (χ0v) is 11.8. The second-order valence-electron chi connectivity index (χ2n) is 4.89. The average Bonchev–Trinajstić information content (AvgIpc) is 2.50.